The summed E-state index contributed by atoms with van der Waals surface area (Å²) in [5, 5.41) is 10.2. The highest BCUT2D eigenvalue weighted by atomic mass is 16.5. The van der Waals surface area contributed by atoms with Gasteiger partial charge in [-0.25, -0.2) is 0 Å². The van der Waals surface area contributed by atoms with Crippen molar-refractivity contribution in [3.05, 3.63) is 29.8 Å². The maximum absolute atomic E-state index is 13.0. The predicted octanol–water partition coefficient (Wildman–Crippen LogP) is 2.48. The van der Waals surface area contributed by atoms with Crippen LogP contribution in [-0.2, 0) is 4.74 Å². The maximum Gasteiger partial charge on any atom is 0.254 e. The van der Waals surface area contributed by atoms with Crippen LogP contribution in [0.3, 0.4) is 0 Å². The first-order valence-electron chi connectivity index (χ1n) is 9.00. The van der Waals surface area contributed by atoms with Gasteiger partial charge in [-0.05, 0) is 37.5 Å². The normalized spacial score (nSPS) is 27.2. The Morgan fingerprint density at radius 3 is 3.04 bits per heavy atom. The highest BCUT2D eigenvalue weighted by Gasteiger charge is 2.39. The fraction of sp³-hybridized carbons (Fsp3) is 0.632. The minimum absolute atomic E-state index is 0.00403. The third-order valence-electron chi connectivity index (χ3n) is 5.01. The quantitative estimate of drug-likeness (QED) is 0.899. The molecule has 3 atom stereocenters. The van der Waals surface area contributed by atoms with Crippen LogP contribution in [0.2, 0.25) is 0 Å². The van der Waals surface area contributed by atoms with E-state index < -0.39 is 0 Å². The first-order valence-corrected chi connectivity index (χ1v) is 9.00. The van der Waals surface area contributed by atoms with Crippen LogP contribution in [0, 0.1) is 5.92 Å². The average molecular weight is 333 g/mol. The van der Waals surface area contributed by atoms with Gasteiger partial charge in [0, 0.05) is 18.0 Å². The van der Waals surface area contributed by atoms with Crippen molar-refractivity contribution in [1.29, 1.82) is 0 Å². The molecule has 5 nitrogen and oxygen atoms in total. The van der Waals surface area contributed by atoms with E-state index >= 15 is 0 Å². The van der Waals surface area contributed by atoms with E-state index in [1.165, 1.54) is 0 Å². The summed E-state index contributed by atoms with van der Waals surface area (Å²) < 4.78 is 11.2. The second-order valence-electron chi connectivity index (χ2n) is 6.68. The molecule has 1 heterocycles. The van der Waals surface area contributed by atoms with Gasteiger partial charge >= 0.3 is 0 Å². The maximum atomic E-state index is 13.0. The molecule has 0 spiro atoms. The number of benzene rings is 1. The highest BCUT2D eigenvalue weighted by molar-refractivity contribution is 5.95. The molecule has 0 aromatic heterocycles. The van der Waals surface area contributed by atoms with Crippen molar-refractivity contribution < 1.29 is 19.4 Å². The van der Waals surface area contributed by atoms with E-state index in [-0.39, 0.29) is 24.0 Å². The number of carbonyl (C=O) groups is 1. The molecular weight excluding hydrogens is 306 g/mol. The predicted molar refractivity (Wildman–Crippen MR) is 91.2 cm³/mol. The number of morpholine rings is 1. The summed E-state index contributed by atoms with van der Waals surface area (Å²) in [6.07, 6.45) is 3.40. The zero-order valence-corrected chi connectivity index (χ0v) is 14.3. The van der Waals surface area contributed by atoms with Crippen molar-refractivity contribution in [3.63, 3.8) is 0 Å². The molecule has 132 valence electrons. The standard InChI is InChI=1S/C19H27NO4/c1-2-10-24-15-6-3-5-14(12-15)19(22)20-9-11-23-13-17(20)16-7-4-8-18(16)21/h3,5-6,12,16-18,21H,2,4,7-11,13H2,1H3/t16-,17+,18+/m0/s1. The SMILES string of the molecule is CCCOc1cccc(C(=O)N2CCOC[C@@H]2[C@@H]2CCC[C@H]2O)c1. The molecule has 0 radical (unpaired) electrons. The van der Waals surface area contributed by atoms with Crippen molar-refractivity contribution in [2.24, 2.45) is 5.92 Å². The number of hydrogen-bond acceptors (Lipinski definition) is 4. The Morgan fingerprint density at radius 1 is 1.42 bits per heavy atom. The molecule has 0 unspecified atom stereocenters. The third kappa shape index (κ3) is 3.73. The van der Waals surface area contributed by atoms with Crippen LogP contribution in [0.4, 0.5) is 0 Å². The Bertz CT molecular complexity index is 562. The summed E-state index contributed by atoms with van der Waals surface area (Å²) in [4.78, 5) is 14.9. The molecule has 1 aliphatic carbocycles. The van der Waals surface area contributed by atoms with Crippen molar-refractivity contribution >= 4 is 5.91 Å². The number of aliphatic hydroxyl groups is 1. The summed E-state index contributed by atoms with van der Waals surface area (Å²) >= 11 is 0. The van der Waals surface area contributed by atoms with Gasteiger partial charge in [0.05, 0.1) is 32.0 Å². The Morgan fingerprint density at radius 2 is 2.29 bits per heavy atom. The summed E-state index contributed by atoms with van der Waals surface area (Å²) in [5.74, 6) is 0.853. The minimum Gasteiger partial charge on any atom is -0.494 e. The van der Waals surface area contributed by atoms with Crippen molar-refractivity contribution in [1.82, 2.24) is 4.90 Å². The lowest BCUT2D eigenvalue weighted by molar-refractivity contribution is -0.0383. The van der Waals surface area contributed by atoms with E-state index in [9.17, 15) is 9.90 Å². The zero-order chi connectivity index (χ0) is 16.9. The summed E-state index contributed by atoms with van der Waals surface area (Å²) in [6, 6.07) is 7.35. The molecule has 24 heavy (non-hydrogen) atoms. The van der Waals surface area contributed by atoms with Crippen LogP contribution < -0.4 is 4.74 Å². The molecule has 1 aromatic rings. The van der Waals surface area contributed by atoms with Gasteiger partial charge in [0.2, 0.25) is 0 Å². The second-order valence-corrected chi connectivity index (χ2v) is 6.68. The average Bonchev–Trinajstić information content (AvgIpc) is 3.05. The monoisotopic (exact) mass is 333 g/mol. The molecule has 5 heteroatoms. The van der Waals surface area contributed by atoms with Gasteiger partial charge in [-0.15, -0.1) is 0 Å². The van der Waals surface area contributed by atoms with E-state index in [0.717, 1.165) is 31.4 Å². The lowest BCUT2D eigenvalue weighted by atomic mass is 9.93. The van der Waals surface area contributed by atoms with Crippen molar-refractivity contribution in [2.75, 3.05) is 26.4 Å². The summed E-state index contributed by atoms with van der Waals surface area (Å²) in [5.41, 5.74) is 0.642. The van der Waals surface area contributed by atoms with E-state index in [2.05, 4.69) is 6.92 Å². The molecule has 1 N–H and O–H groups in total. The molecule has 1 saturated carbocycles. The van der Waals surface area contributed by atoms with Gasteiger partial charge < -0.3 is 19.5 Å². The van der Waals surface area contributed by atoms with E-state index in [1.807, 2.05) is 29.2 Å². The Balaban J connectivity index is 1.76. The van der Waals surface area contributed by atoms with Gasteiger partial charge in [0.15, 0.2) is 0 Å². The number of carbonyl (C=O) groups excluding carboxylic acids is 1. The Kier molecular flexibility index (Phi) is 5.74. The Labute approximate surface area is 143 Å². The summed E-state index contributed by atoms with van der Waals surface area (Å²) in [6.45, 7) is 4.34. The van der Waals surface area contributed by atoms with Crippen LogP contribution in [0.25, 0.3) is 0 Å². The second kappa shape index (κ2) is 7.99. The molecule has 1 amide bonds. The molecule has 3 rings (SSSR count). The van der Waals surface area contributed by atoms with Crippen LogP contribution in [-0.4, -0.2) is 54.4 Å². The van der Waals surface area contributed by atoms with Crippen molar-refractivity contribution in [2.45, 2.75) is 44.8 Å². The van der Waals surface area contributed by atoms with E-state index in [1.54, 1.807) is 0 Å². The smallest absolute Gasteiger partial charge is 0.254 e. The fourth-order valence-corrected chi connectivity index (χ4v) is 3.75. The largest absolute Gasteiger partial charge is 0.494 e. The fourth-order valence-electron chi connectivity index (χ4n) is 3.75. The van der Waals surface area contributed by atoms with Gasteiger partial charge in [0.1, 0.15) is 5.75 Å². The minimum atomic E-state index is -0.328. The van der Waals surface area contributed by atoms with Gasteiger partial charge in [-0.1, -0.05) is 19.4 Å². The molecule has 2 aliphatic rings. The van der Waals surface area contributed by atoms with Crippen LogP contribution >= 0.6 is 0 Å². The molecule has 0 bridgehead atoms. The first-order chi connectivity index (χ1) is 11.7. The Hall–Kier alpha value is -1.59. The highest BCUT2D eigenvalue weighted by Crippen LogP contribution is 2.33. The van der Waals surface area contributed by atoms with Gasteiger partial charge in [-0.2, -0.15) is 0 Å². The van der Waals surface area contributed by atoms with E-state index in [0.29, 0.717) is 31.9 Å². The molecule has 1 aromatic carbocycles. The number of aliphatic hydroxyl groups excluding tert-OH is 1. The number of rotatable bonds is 5. The number of hydrogen-bond donors (Lipinski definition) is 1. The number of amides is 1. The lowest BCUT2D eigenvalue weighted by Gasteiger charge is -2.40. The van der Waals surface area contributed by atoms with Crippen LogP contribution in [0.15, 0.2) is 24.3 Å². The molecule has 1 saturated heterocycles. The zero-order valence-electron chi connectivity index (χ0n) is 14.3. The van der Waals surface area contributed by atoms with E-state index in [4.69, 9.17) is 9.47 Å². The van der Waals surface area contributed by atoms with Gasteiger partial charge in [-0.3, -0.25) is 4.79 Å². The first kappa shape index (κ1) is 17.2. The van der Waals surface area contributed by atoms with Crippen LogP contribution in [0.1, 0.15) is 43.0 Å². The molecule has 2 fully saturated rings. The van der Waals surface area contributed by atoms with Gasteiger partial charge in [0.25, 0.3) is 5.91 Å². The van der Waals surface area contributed by atoms with Crippen LogP contribution in [0.5, 0.6) is 5.75 Å². The number of ether oxygens (including phenoxy) is 2. The summed E-state index contributed by atoms with van der Waals surface area (Å²) in [7, 11) is 0. The molecular formula is C19H27NO4. The number of nitrogens with zero attached hydrogens (tertiary/aromatic N) is 1. The molecule has 1 aliphatic heterocycles. The third-order valence-corrected chi connectivity index (χ3v) is 5.01. The topological polar surface area (TPSA) is 59.0 Å². The van der Waals surface area contributed by atoms with Crippen molar-refractivity contribution in [3.8, 4) is 5.75 Å². The lowest BCUT2D eigenvalue weighted by Crippen LogP contribution is -2.53.